The van der Waals surface area contributed by atoms with Gasteiger partial charge >= 0.3 is 0 Å². The number of carbonyl (C=O) groups is 2. The zero-order valence-electron chi connectivity index (χ0n) is 18.7. The summed E-state index contributed by atoms with van der Waals surface area (Å²) < 4.78 is 2.10. The Labute approximate surface area is 191 Å². The van der Waals surface area contributed by atoms with E-state index in [1.54, 1.807) is 6.07 Å². The van der Waals surface area contributed by atoms with Crippen LogP contribution in [0.3, 0.4) is 0 Å². The van der Waals surface area contributed by atoms with E-state index in [4.69, 9.17) is 0 Å². The van der Waals surface area contributed by atoms with Gasteiger partial charge in [-0.3, -0.25) is 9.59 Å². The SMILES string of the molecule is Cc1cc(C)c(N2C(=O)c3cccc(-n4c5ccccc5c5ccccc54)c3C2=O)c(C)c1. The summed E-state index contributed by atoms with van der Waals surface area (Å²) in [6.07, 6.45) is 0. The van der Waals surface area contributed by atoms with Crippen LogP contribution in [0.2, 0.25) is 0 Å². The van der Waals surface area contributed by atoms with Gasteiger partial charge in [0.15, 0.2) is 0 Å². The van der Waals surface area contributed by atoms with E-state index in [1.165, 1.54) is 4.90 Å². The van der Waals surface area contributed by atoms with Crippen LogP contribution in [0.25, 0.3) is 27.5 Å². The molecule has 0 N–H and O–H groups in total. The minimum absolute atomic E-state index is 0.271. The van der Waals surface area contributed by atoms with Crippen LogP contribution in [-0.2, 0) is 0 Å². The molecule has 1 aliphatic heterocycles. The van der Waals surface area contributed by atoms with E-state index in [2.05, 4.69) is 28.8 Å². The summed E-state index contributed by atoms with van der Waals surface area (Å²) in [5, 5.41) is 2.23. The van der Waals surface area contributed by atoms with Crippen LogP contribution in [0, 0.1) is 20.8 Å². The number of nitrogens with zero attached hydrogens (tertiary/aromatic N) is 2. The standard InChI is InChI=1S/C29H22N2O2/c1-17-15-18(2)27(19(3)16-17)31-28(32)22-11-8-14-25(26(22)29(31)33)30-23-12-6-4-9-20(23)21-10-5-7-13-24(21)30/h4-16H,1-3H3. The van der Waals surface area contributed by atoms with Gasteiger partial charge in [-0.25, -0.2) is 4.90 Å². The highest BCUT2D eigenvalue weighted by Gasteiger charge is 2.40. The molecular formula is C29H22N2O2. The van der Waals surface area contributed by atoms with E-state index in [0.29, 0.717) is 16.8 Å². The number of benzene rings is 4. The van der Waals surface area contributed by atoms with Gasteiger partial charge < -0.3 is 4.57 Å². The summed E-state index contributed by atoms with van der Waals surface area (Å²) in [4.78, 5) is 28.8. The smallest absolute Gasteiger partial charge is 0.268 e. The first kappa shape index (κ1) is 19.5. The molecule has 1 aromatic heterocycles. The fourth-order valence-electron chi connectivity index (χ4n) is 5.36. The van der Waals surface area contributed by atoms with Crippen LogP contribution in [0.1, 0.15) is 37.4 Å². The number of anilines is 1. The molecule has 0 atom stereocenters. The van der Waals surface area contributed by atoms with Crippen LogP contribution in [0.15, 0.2) is 78.9 Å². The van der Waals surface area contributed by atoms with Crippen molar-refractivity contribution < 1.29 is 9.59 Å². The second-order valence-corrected chi connectivity index (χ2v) is 8.76. The summed E-state index contributed by atoms with van der Waals surface area (Å²) in [5.41, 5.74) is 7.26. The number of carbonyl (C=O) groups excluding carboxylic acids is 2. The quantitative estimate of drug-likeness (QED) is 0.300. The molecule has 0 unspecified atom stereocenters. The topological polar surface area (TPSA) is 42.3 Å². The Balaban J connectivity index is 1.64. The Morgan fingerprint density at radius 3 is 1.82 bits per heavy atom. The Hall–Kier alpha value is -4.18. The summed E-state index contributed by atoms with van der Waals surface area (Å²) in [7, 11) is 0. The highest BCUT2D eigenvalue weighted by atomic mass is 16.2. The Kier molecular flexibility index (Phi) is 4.08. The maximum Gasteiger partial charge on any atom is 0.268 e. The summed E-state index contributed by atoms with van der Waals surface area (Å²) in [6.45, 7) is 5.92. The summed E-state index contributed by atoms with van der Waals surface area (Å²) in [6, 6.07) is 25.9. The number of amides is 2. The number of hydrogen-bond donors (Lipinski definition) is 0. The minimum Gasteiger partial charge on any atom is -0.308 e. The molecule has 2 heterocycles. The van der Waals surface area contributed by atoms with E-state index in [-0.39, 0.29) is 11.8 Å². The number of fused-ring (bicyclic) bond motifs is 4. The van der Waals surface area contributed by atoms with Crippen molar-refractivity contribution in [3.63, 3.8) is 0 Å². The predicted octanol–water partition coefficient (Wildman–Crippen LogP) is 6.51. The van der Waals surface area contributed by atoms with Gasteiger partial charge in [-0.05, 0) is 56.2 Å². The number of rotatable bonds is 2. The van der Waals surface area contributed by atoms with Crippen molar-refractivity contribution in [3.05, 3.63) is 107 Å². The highest BCUT2D eigenvalue weighted by Crippen LogP contribution is 2.39. The van der Waals surface area contributed by atoms with E-state index in [9.17, 15) is 9.59 Å². The van der Waals surface area contributed by atoms with Crippen molar-refractivity contribution in [2.45, 2.75) is 20.8 Å². The van der Waals surface area contributed by atoms with Crippen LogP contribution >= 0.6 is 0 Å². The third kappa shape index (κ3) is 2.64. The van der Waals surface area contributed by atoms with Gasteiger partial charge in [0.05, 0.1) is 33.5 Å². The third-order valence-corrected chi connectivity index (χ3v) is 6.57. The Bertz CT molecular complexity index is 1560. The molecule has 5 aromatic rings. The number of imide groups is 1. The zero-order chi connectivity index (χ0) is 22.9. The molecule has 1 aliphatic rings. The maximum absolute atomic E-state index is 13.9. The van der Waals surface area contributed by atoms with Crippen LogP contribution in [0.4, 0.5) is 5.69 Å². The molecule has 0 radical (unpaired) electrons. The predicted molar refractivity (Wildman–Crippen MR) is 133 cm³/mol. The molecule has 160 valence electrons. The van der Waals surface area contributed by atoms with Gasteiger partial charge in [0, 0.05) is 10.8 Å². The van der Waals surface area contributed by atoms with E-state index >= 15 is 0 Å². The van der Waals surface area contributed by atoms with Gasteiger partial charge in [-0.15, -0.1) is 0 Å². The zero-order valence-corrected chi connectivity index (χ0v) is 18.7. The normalized spacial score (nSPS) is 13.4. The van der Waals surface area contributed by atoms with Crippen molar-refractivity contribution in [2.75, 3.05) is 4.90 Å². The number of hydrogen-bond acceptors (Lipinski definition) is 2. The number of aryl methyl sites for hydroxylation is 3. The number of para-hydroxylation sites is 2. The van der Waals surface area contributed by atoms with Crippen LogP contribution in [0.5, 0.6) is 0 Å². The second-order valence-electron chi connectivity index (χ2n) is 8.76. The molecule has 4 aromatic carbocycles. The van der Waals surface area contributed by atoms with E-state index in [0.717, 1.165) is 44.2 Å². The van der Waals surface area contributed by atoms with Crippen molar-refractivity contribution in [1.29, 1.82) is 0 Å². The molecule has 0 aliphatic carbocycles. The second kappa shape index (κ2) is 6.91. The molecule has 0 spiro atoms. The summed E-state index contributed by atoms with van der Waals surface area (Å²) in [5.74, 6) is -0.546. The minimum atomic E-state index is -0.275. The lowest BCUT2D eigenvalue weighted by Crippen LogP contribution is -2.31. The van der Waals surface area contributed by atoms with Crippen molar-refractivity contribution in [3.8, 4) is 5.69 Å². The average Bonchev–Trinajstić information content (AvgIpc) is 3.26. The van der Waals surface area contributed by atoms with Crippen molar-refractivity contribution in [1.82, 2.24) is 4.57 Å². The lowest BCUT2D eigenvalue weighted by Gasteiger charge is -2.20. The monoisotopic (exact) mass is 430 g/mol. The molecule has 2 amide bonds. The molecule has 33 heavy (non-hydrogen) atoms. The number of aromatic nitrogens is 1. The molecular weight excluding hydrogens is 408 g/mol. The van der Waals surface area contributed by atoms with Gasteiger partial charge in [-0.1, -0.05) is 60.2 Å². The van der Waals surface area contributed by atoms with Gasteiger partial charge in [-0.2, -0.15) is 0 Å². The molecule has 0 saturated heterocycles. The lowest BCUT2D eigenvalue weighted by atomic mass is 10.0. The van der Waals surface area contributed by atoms with E-state index in [1.807, 2.05) is 69.3 Å². The van der Waals surface area contributed by atoms with Crippen LogP contribution in [-0.4, -0.2) is 16.4 Å². The molecule has 6 rings (SSSR count). The first-order chi connectivity index (χ1) is 16.0. The van der Waals surface area contributed by atoms with Crippen molar-refractivity contribution in [2.24, 2.45) is 0 Å². The van der Waals surface area contributed by atoms with Crippen molar-refractivity contribution >= 4 is 39.3 Å². The molecule has 0 saturated carbocycles. The molecule has 4 heteroatoms. The maximum atomic E-state index is 13.9. The highest BCUT2D eigenvalue weighted by molar-refractivity contribution is 6.36. The van der Waals surface area contributed by atoms with E-state index < -0.39 is 0 Å². The Morgan fingerprint density at radius 1 is 0.636 bits per heavy atom. The first-order valence-electron chi connectivity index (χ1n) is 11.1. The van der Waals surface area contributed by atoms with Gasteiger partial charge in [0.25, 0.3) is 11.8 Å². The average molecular weight is 431 g/mol. The first-order valence-corrected chi connectivity index (χ1v) is 11.1. The lowest BCUT2D eigenvalue weighted by molar-refractivity contribution is 0.0925. The van der Waals surface area contributed by atoms with Crippen LogP contribution < -0.4 is 4.90 Å². The fraction of sp³-hybridized carbons (Fsp3) is 0.103. The Morgan fingerprint density at radius 2 is 1.21 bits per heavy atom. The molecule has 0 fully saturated rings. The third-order valence-electron chi connectivity index (χ3n) is 6.57. The largest absolute Gasteiger partial charge is 0.308 e. The molecule has 0 bridgehead atoms. The summed E-state index contributed by atoms with van der Waals surface area (Å²) >= 11 is 0. The van der Waals surface area contributed by atoms with Gasteiger partial charge in [0.2, 0.25) is 0 Å². The molecule has 4 nitrogen and oxygen atoms in total. The van der Waals surface area contributed by atoms with Gasteiger partial charge in [0.1, 0.15) is 0 Å². The fourth-order valence-corrected chi connectivity index (χ4v) is 5.36.